The molecule has 9 rings (SSSR count). The number of H-pyrrole nitrogens is 1. The number of aromatic nitrogens is 7. The van der Waals surface area contributed by atoms with Gasteiger partial charge in [-0.15, -0.1) is 11.3 Å². The van der Waals surface area contributed by atoms with Crippen LogP contribution in [0.5, 0.6) is 0 Å². The van der Waals surface area contributed by atoms with Crippen molar-refractivity contribution in [2.24, 2.45) is 28.2 Å². The molecule has 2 aliphatic heterocycles. The zero-order valence-electron chi connectivity index (χ0n) is 31.0. The van der Waals surface area contributed by atoms with Crippen LogP contribution in [0.3, 0.4) is 0 Å². The topological polar surface area (TPSA) is 57.1 Å². The summed E-state index contributed by atoms with van der Waals surface area (Å²) in [6.45, 7) is 0. The fourth-order valence-electron chi connectivity index (χ4n) is 7.23. The van der Waals surface area contributed by atoms with Crippen LogP contribution in [0, 0.1) is 0 Å². The zero-order chi connectivity index (χ0) is 35.3. The van der Waals surface area contributed by atoms with Gasteiger partial charge in [-0.2, -0.15) is 0 Å². The first kappa shape index (κ1) is 41.9. The van der Waals surface area contributed by atoms with Crippen LogP contribution < -0.4 is 67.9 Å². The van der Waals surface area contributed by atoms with E-state index in [4.69, 9.17) is 9.97 Å². The van der Waals surface area contributed by atoms with Crippen molar-refractivity contribution in [1.29, 1.82) is 0 Å². The quantitative estimate of drug-likeness (QED) is 0.182. The van der Waals surface area contributed by atoms with Crippen LogP contribution >= 0.6 is 11.3 Å². The van der Waals surface area contributed by atoms with E-state index in [1.54, 1.807) is 11.3 Å². The molecule has 282 valence electrons. The molecule has 0 spiro atoms. The van der Waals surface area contributed by atoms with Crippen molar-refractivity contribution in [2.75, 3.05) is 0 Å². The van der Waals surface area contributed by atoms with Crippen LogP contribution in [0.1, 0.15) is 22.8 Å². The first-order valence-electron chi connectivity index (χ1n) is 17.3. The fraction of sp³-hybridized carbons (Fsp3) is 0.0909. The van der Waals surface area contributed by atoms with Gasteiger partial charge < -0.3 is 54.6 Å². The number of aromatic amines is 1. The molecule has 9 heterocycles. The summed E-state index contributed by atoms with van der Waals surface area (Å²) in [7, 11) is 8.24. The summed E-state index contributed by atoms with van der Waals surface area (Å²) in [5, 5.41) is 0. The van der Waals surface area contributed by atoms with E-state index in [0.717, 1.165) is 87.7 Å². The Kier molecular flexibility index (Phi) is 12.9. The second kappa shape index (κ2) is 17.3. The van der Waals surface area contributed by atoms with Gasteiger partial charge in [-0.05, 0) is 72.8 Å². The van der Waals surface area contributed by atoms with Crippen LogP contribution in [0.4, 0.5) is 0 Å². The van der Waals surface area contributed by atoms with Crippen molar-refractivity contribution in [3.63, 3.8) is 0 Å². The molecule has 0 aliphatic carbocycles. The van der Waals surface area contributed by atoms with E-state index in [-0.39, 0.29) is 49.6 Å². The number of halogens is 4. The second-order valence-corrected chi connectivity index (χ2v) is 14.5. The molecule has 7 nitrogen and oxygen atoms in total. The average Bonchev–Trinajstić information content (AvgIpc) is 3.96. The summed E-state index contributed by atoms with van der Waals surface area (Å²) in [4.78, 5) is 14.7. The lowest BCUT2D eigenvalue weighted by Gasteiger charge is -2.05. The highest BCUT2D eigenvalue weighted by Gasteiger charge is 2.21. The van der Waals surface area contributed by atoms with Crippen molar-refractivity contribution in [3.05, 3.63) is 145 Å². The Morgan fingerprint density at radius 2 is 0.714 bits per heavy atom. The molecule has 56 heavy (non-hydrogen) atoms. The van der Waals surface area contributed by atoms with E-state index in [0.29, 0.717) is 0 Å². The highest BCUT2D eigenvalue weighted by atomic mass is 35.5. The molecule has 7 aromatic heterocycles. The number of pyridine rings is 4. The minimum Gasteiger partial charge on any atom is -1.00 e. The van der Waals surface area contributed by atoms with Crippen molar-refractivity contribution >= 4 is 56.1 Å². The van der Waals surface area contributed by atoms with Gasteiger partial charge in [-0.25, -0.2) is 28.2 Å². The van der Waals surface area contributed by atoms with Crippen LogP contribution in [0.25, 0.3) is 89.2 Å². The largest absolute Gasteiger partial charge is 1.00 e. The molecule has 0 aromatic carbocycles. The molecule has 7 aromatic rings. The summed E-state index contributed by atoms with van der Waals surface area (Å²) in [6.07, 6.45) is 25.5. The second-order valence-electron chi connectivity index (χ2n) is 13.4. The highest BCUT2D eigenvalue weighted by molar-refractivity contribution is 7.24. The van der Waals surface area contributed by atoms with Gasteiger partial charge in [0.1, 0.15) is 28.2 Å². The van der Waals surface area contributed by atoms with Crippen molar-refractivity contribution < 1.29 is 67.9 Å². The molecule has 0 amide bonds. The molecule has 0 saturated heterocycles. The van der Waals surface area contributed by atoms with Gasteiger partial charge in [0.2, 0.25) is 0 Å². The van der Waals surface area contributed by atoms with Gasteiger partial charge in [-0.3, -0.25) is 0 Å². The summed E-state index contributed by atoms with van der Waals surface area (Å²) in [5.74, 6) is 0. The van der Waals surface area contributed by atoms with Crippen molar-refractivity contribution in [1.82, 2.24) is 15.0 Å². The first-order valence-corrected chi connectivity index (χ1v) is 18.1. The van der Waals surface area contributed by atoms with E-state index in [1.807, 2.05) is 0 Å². The lowest BCUT2D eigenvalue weighted by atomic mass is 10.1. The maximum Gasteiger partial charge on any atom is 0.176 e. The van der Waals surface area contributed by atoms with Gasteiger partial charge in [0.05, 0.1) is 22.8 Å². The molecule has 0 radical (unpaired) electrons. The van der Waals surface area contributed by atoms with Crippen LogP contribution in [-0.2, 0) is 28.2 Å². The minimum atomic E-state index is 0. The smallest absolute Gasteiger partial charge is 0.176 e. The number of nitrogens with zero attached hydrogens (tertiary/aromatic N) is 6. The Bertz CT molecular complexity index is 2450. The van der Waals surface area contributed by atoms with Crippen LogP contribution in [0.15, 0.2) is 122 Å². The first-order chi connectivity index (χ1) is 25.4. The maximum absolute atomic E-state index is 5.43. The number of aryl methyl sites for hydroxylation is 4. The third-order valence-corrected chi connectivity index (χ3v) is 10.7. The molecular formula is C44H37Cl4N7S. The number of fused-ring (bicyclic) bond motifs is 8. The SMILES string of the molecule is C[n+]1cccc(-c2c3nc(c(-c4ccc[n+](C)c4)c4ccc(s4)c(-c4ccc[n+](C)c4)c4nc(c(-c5ccc[n+](C)c5)c5ccc2[nH]5)C=C4)C=C3)c1.[Cl-].[Cl-].[Cl-].[Cl-]. The lowest BCUT2D eigenvalue weighted by Crippen LogP contribution is -3.00. The van der Waals surface area contributed by atoms with Gasteiger partial charge >= 0.3 is 0 Å². The van der Waals surface area contributed by atoms with Gasteiger partial charge in [0, 0.05) is 89.2 Å². The third kappa shape index (κ3) is 7.89. The monoisotopic (exact) mass is 835 g/mol. The molecule has 0 unspecified atom stereocenters. The summed E-state index contributed by atoms with van der Waals surface area (Å²) < 4.78 is 10.6. The van der Waals surface area contributed by atoms with Gasteiger partial charge in [0.25, 0.3) is 0 Å². The molecule has 12 heteroatoms. The Morgan fingerprint density at radius 1 is 0.411 bits per heavy atom. The van der Waals surface area contributed by atoms with E-state index in [2.05, 4.69) is 198 Å². The normalized spacial score (nSPS) is 11.2. The molecule has 8 bridgehead atoms. The van der Waals surface area contributed by atoms with E-state index in [1.165, 1.54) is 0 Å². The predicted molar refractivity (Wildman–Crippen MR) is 209 cm³/mol. The molecular weight excluding hydrogens is 800 g/mol. The summed E-state index contributed by atoms with van der Waals surface area (Å²) >= 11 is 1.78. The van der Waals surface area contributed by atoms with Crippen molar-refractivity contribution in [3.8, 4) is 44.5 Å². The van der Waals surface area contributed by atoms with Gasteiger partial charge in [0.15, 0.2) is 49.6 Å². The van der Waals surface area contributed by atoms with Crippen LogP contribution in [0.2, 0.25) is 0 Å². The average molecular weight is 838 g/mol. The highest BCUT2D eigenvalue weighted by Crippen LogP contribution is 2.40. The summed E-state index contributed by atoms with van der Waals surface area (Å²) in [5.41, 5.74) is 14.3. The van der Waals surface area contributed by atoms with Crippen LogP contribution in [-0.4, -0.2) is 15.0 Å². The fourth-order valence-corrected chi connectivity index (χ4v) is 8.39. The molecule has 0 saturated carbocycles. The number of thiophene rings is 1. The van der Waals surface area contributed by atoms with E-state index >= 15 is 0 Å². The summed E-state index contributed by atoms with van der Waals surface area (Å²) in [6, 6.07) is 25.8. The standard InChI is InChI=1S/C44H37N7S.4ClH/c1-48-21-5-9-29(25-48)41-33-13-14-34(45-33)42(30-10-6-22-49(2)26-30)36-16-18-38(47-36)44(32-12-8-24-51(4)28-32)40-20-19-39(52-40)43(37-17-15-35(41)46-37)31-11-7-23-50(3)27-31;;;;/h5-28,45H,1-4H3;4*1H/q+4;;;;/p-4. The molecule has 2 aliphatic rings. The predicted octanol–water partition coefficient (Wildman–Crippen LogP) is -4.63. The zero-order valence-corrected chi connectivity index (χ0v) is 34.8. The molecule has 0 fully saturated rings. The Balaban J connectivity index is 0.00000150. The number of hydrogen-bond donors (Lipinski definition) is 1. The molecule has 0 atom stereocenters. The minimum absolute atomic E-state index is 0. The van der Waals surface area contributed by atoms with Crippen molar-refractivity contribution in [2.45, 2.75) is 0 Å². The Labute approximate surface area is 354 Å². The third-order valence-electron chi connectivity index (χ3n) is 9.54. The number of hydrogen-bond acceptors (Lipinski definition) is 3. The van der Waals surface area contributed by atoms with E-state index in [9.17, 15) is 0 Å². The lowest BCUT2D eigenvalue weighted by molar-refractivity contribution is -0.671. The molecule has 1 N–H and O–H groups in total. The maximum atomic E-state index is 5.43. The Morgan fingerprint density at radius 3 is 1.04 bits per heavy atom. The number of nitrogens with one attached hydrogen (secondary N) is 1. The van der Waals surface area contributed by atoms with E-state index < -0.39 is 0 Å². The number of rotatable bonds is 4. The van der Waals surface area contributed by atoms with Gasteiger partial charge in [-0.1, -0.05) is 0 Å². The Hall–Kier alpha value is -5.22.